The fourth-order valence-corrected chi connectivity index (χ4v) is 7.20. The van der Waals surface area contributed by atoms with Gasteiger partial charge in [-0.2, -0.15) is 17.5 Å². The van der Waals surface area contributed by atoms with Crippen LogP contribution in [0, 0.1) is 0 Å². The Morgan fingerprint density at radius 3 is 2.38 bits per heavy atom. The van der Waals surface area contributed by atoms with Crippen molar-refractivity contribution in [2.75, 3.05) is 19.6 Å². The number of likely N-dealkylation sites (tertiary alicyclic amines) is 1. The summed E-state index contributed by atoms with van der Waals surface area (Å²) < 4.78 is 68.2. The number of aliphatic hydroxyl groups is 1. The van der Waals surface area contributed by atoms with E-state index in [1.165, 1.54) is 10.4 Å². The number of amides is 1. The van der Waals surface area contributed by atoms with Gasteiger partial charge in [0.1, 0.15) is 0 Å². The maximum atomic E-state index is 13.3. The lowest BCUT2D eigenvalue weighted by atomic mass is 9.84. The van der Waals surface area contributed by atoms with Crippen LogP contribution in [0.15, 0.2) is 57.9 Å². The van der Waals surface area contributed by atoms with E-state index in [9.17, 15) is 31.5 Å². The van der Waals surface area contributed by atoms with Crippen LogP contribution < -0.4 is 0 Å². The molecule has 202 valence electrons. The third kappa shape index (κ3) is 6.38. The van der Waals surface area contributed by atoms with E-state index in [1.807, 2.05) is 24.3 Å². The van der Waals surface area contributed by atoms with Crippen molar-refractivity contribution in [2.24, 2.45) is 0 Å². The normalized spacial score (nSPS) is 21.1. The highest BCUT2D eigenvalue weighted by atomic mass is 79.9. The van der Waals surface area contributed by atoms with Gasteiger partial charge in [0, 0.05) is 36.6 Å². The zero-order valence-corrected chi connectivity index (χ0v) is 22.7. The van der Waals surface area contributed by atoms with Crippen molar-refractivity contribution < 1.29 is 31.5 Å². The van der Waals surface area contributed by atoms with E-state index in [1.54, 1.807) is 4.90 Å². The van der Waals surface area contributed by atoms with Crippen LogP contribution in [0.2, 0.25) is 0 Å². The third-order valence-corrected chi connectivity index (χ3v) is 9.83. The molecular weight excluding hydrogens is 573 g/mol. The number of hydrogen-bond donors (Lipinski definition) is 1. The quantitative estimate of drug-likeness (QED) is 0.486. The highest BCUT2D eigenvalue weighted by molar-refractivity contribution is 9.10. The van der Waals surface area contributed by atoms with Crippen molar-refractivity contribution >= 4 is 31.9 Å². The maximum absolute atomic E-state index is 13.3. The second-order valence-corrected chi connectivity index (χ2v) is 12.6. The molecule has 0 bridgehead atoms. The minimum absolute atomic E-state index is 0.111. The van der Waals surface area contributed by atoms with Gasteiger partial charge in [0.25, 0.3) is 0 Å². The Kier molecular flexibility index (Phi) is 8.37. The second kappa shape index (κ2) is 11.0. The molecule has 2 aromatic rings. The second-order valence-electron chi connectivity index (χ2n) is 9.75. The first kappa shape index (κ1) is 28.1. The Morgan fingerprint density at radius 2 is 1.73 bits per heavy atom. The Hall–Kier alpha value is -1.95. The number of sulfonamides is 1. The summed E-state index contributed by atoms with van der Waals surface area (Å²) in [5.74, 6) is -0.111. The Morgan fingerprint density at radius 1 is 1.05 bits per heavy atom. The van der Waals surface area contributed by atoms with Gasteiger partial charge in [0.05, 0.1) is 16.1 Å². The molecule has 0 saturated carbocycles. The fraction of sp³-hybridized carbons (Fsp3) is 0.500. The molecule has 2 aliphatic heterocycles. The predicted molar refractivity (Wildman–Crippen MR) is 136 cm³/mol. The first-order valence-corrected chi connectivity index (χ1v) is 14.6. The number of halogens is 4. The zero-order chi connectivity index (χ0) is 26.8. The molecule has 2 aromatic carbocycles. The first-order valence-electron chi connectivity index (χ1n) is 12.4. The Labute approximate surface area is 223 Å². The summed E-state index contributed by atoms with van der Waals surface area (Å²) in [6.45, 7) is 0.992. The lowest BCUT2D eigenvalue weighted by Gasteiger charge is -2.39. The first-order chi connectivity index (χ1) is 17.4. The summed E-state index contributed by atoms with van der Waals surface area (Å²) in [5.41, 5.74) is -1.21. The molecule has 0 radical (unpaired) electrons. The smallest absolute Gasteiger partial charge is 0.385 e. The molecule has 1 amide bonds. The molecule has 37 heavy (non-hydrogen) atoms. The molecule has 1 N–H and O–H groups in total. The number of hydrogen-bond acceptors (Lipinski definition) is 4. The van der Waals surface area contributed by atoms with Crippen LogP contribution in [0.3, 0.4) is 0 Å². The SMILES string of the molecule is O=C(CCC1CCCCN1S(=O)(=O)c1cccc(C(F)(F)F)c1)N1CCC(O)(c2ccc(Br)cc2)CC1. The van der Waals surface area contributed by atoms with Crippen molar-refractivity contribution in [1.82, 2.24) is 9.21 Å². The summed E-state index contributed by atoms with van der Waals surface area (Å²) >= 11 is 3.39. The molecule has 2 saturated heterocycles. The van der Waals surface area contributed by atoms with Crippen LogP contribution >= 0.6 is 15.9 Å². The highest BCUT2D eigenvalue weighted by Crippen LogP contribution is 2.35. The standard InChI is InChI=1S/C26H30BrF3N2O4S/c27-21-9-7-19(8-10-21)25(34)13-16-31(17-14-25)24(33)12-11-22-5-1-2-15-32(22)37(35,36)23-6-3-4-20(18-23)26(28,29)30/h3-4,6-10,18,22,34H,1-2,5,11-17H2. The number of nitrogens with zero attached hydrogens (tertiary/aromatic N) is 2. The van der Waals surface area contributed by atoms with Crippen LogP contribution in [-0.2, 0) is 26.6 Å². The van der Waals surface area contributed by atoms with E-state index in [-0.39, 0.29) is 23.8 Å². The van der Waals surface area contributed by atoms with Gasteiger partial charge >= 0.3 is 6.18 Å². The third-order valence-electron chi connectivity index (χ3n) is 7.36. The van der Waals surface area contributed by atoms with E-state index in [2.05, 4.69) is 15.9 Å². The average molecular weight is 604 g/mol. The average Bonchev–Trinajstić information content (AvgIpc) is 2.88. The number of alkyl halides is 3. The molecule has 0 spiro atoms. The summed E-state index contributed by atoms with van der Waals surface area (Å²) in [6, 6.07) is 10.8. The zero-order valence-electron chi connectivity index (χ0n) is 20.3. The van der Waals surface area contributed by atoms with Crippen LogP contribution in [0.5, 0.6) is 0 Å². The lowest BCUT2D eigenvalue weighted by Crippen LogP contribution is -2.46. The molecule has 2 fully saturated rings. The van der Waals surface area contributed by atoms with Crippen molar-refractivity contribution in [2.45, 2.75) is 67.7 Å². The molecule has 2 aliphatic rings. The fourth-order valence-electron chi connectivity index (χ4n) is 5.17. The summed E-state index contributed by atoms with van der Waals surface area (Å²) in [4.78, 5) is 14.3. The minimum atomic E-state index is -4.64. The molecule has 1 atom stereocenters. The van der Waals surface area contributed by atoms with Gasteiger partial charge in [-0.15, -0.1) is 0 Å². The molecule has 6 nitrogen and oxygen atoms in total. The number of rotatable bonds is 6. The lowest BCUT2D eigenvalue weighted by molar-refractivity contribution is -0.138. The van der Waals surface area contributed by atoms with Gasteiger partial charge in [-0.3, -0.25) is 4.79 Å². The van der Waals surface area contributed by atoms with Gasteiger partial charge in [-0.1, -0.05) is 40.5 Å². The van der Waals surface area contributed by atoms with Crippen LogP contribution in [0.25, 0.3) is 0 Å². The van der Waals surface area contributed by atoms with Crippen LogP contribution in [0.1, 0.15) is 56.1 Å². The molecule has 2 heterocycles. The van der Waals surface area contributed by atoms with E-state index in [0.717, 1.165) is 28.6 Å². The molecular formula is C26H30BrF3N2O4S. The van der Waals surface area contributed by atoms with Crippen molar-refractivity contribution in [1.29, 1.82) is 0 Å². The maximum Gasteiger partial charge on any atom is 0.416 e. The summed E-state index contributed by atoms with van der Waals surface area (Å²) in [7, 11) is -4.14. The van der Waals surface area contributed by atoms with E-state index in [4.69, 9.17) is 0 Å². The van der Waals surface area contributed by atoms with Crippen molar-refractivity contribution in [3.63, 3.8) is 0 Å². The van der Waals surface area contributed by atoms with E-state index >= 15 is 0 Å². The summed E-state index contributed by atoms with van der Waals surface area (Å²) in [5, 5.41) is 11.1. The minimum Gasteiger partial charge on any atom is -0.385 e. The van der Waals surface area contributed by atoms with Gasteiger partial charge in [-0.25, -0.2) is 8.42 Å². The Balaban J connectivity index is 1.38. The molecule has 4 rings (SSSR count). The van der Waals surface area contributed by atoms with Crippen molar-refractivity contribution in [3.8, 4) is 0 Å². The topological polar surface area (TPSA) is 77.9 Å². The highest BCUT2D eigenvalue weighted by Gasteiger charge is 2.38. The van der Waals surface area contributed by atoms with Crippen LogP contribution in [-0.4, -0.2) is 54.3 Å². The van der Waals surface area contributed by atoms with Crippen molar-refractivity contribution in [3.05, 3.63) is 64.1 Å². The number of carbonyl (C=O) groups is 1. The van der Waals surface area contributed by atoms with E-state index in [0.29, 0.717) is 51.3 Å². The molecule has 0 aromatic heterocycles. The van der Waals surface area contributed by atoms with Gasteiger partial charge in [-0.05, 0) is 68.0 Å². The number of piperidine rings is 2. The number of benzene rings is 2. The molecule has 11 heteroatoms. The molecule has 0 aliphatic carbocycles. The van der Waals surface area contributed by atoms with E-state index < -0.39 is 33.4 Å². The summed E-state index contributed by atoms with van der Waals surface area (Å²) in [6.07, 6.45) is -1.45. The van der Waals surface area contributed by atoms with Gasteiger partial charge in [0.2, 0.25) is 15.9 Å². The van der Waals surface area contributed by atoms with Gasteiger partial charge < -0.3 is 10.0 Å². The Bertz CT molecular complexity index is 1210. The predicted octanol–water partition coefficient (Wildman–Crippen LogP) is 5.30. The van der Waals surface area contributed by atoms with Gasteiger partial charge in [0.15, 0.2) is 0 Å². The van der Waals surface area contributed by atoms with Crippen LogP contribution in [0.4, 0.5) is 13.2 Å². The number of carbonyl (C=O) groups excluding carboxylic acids is 1. The molecule has 1 unspecified atom stereocenters. The monoisotopic (exact) mass is 602 g/mol. The largest absolute Gasteiger partial charge is 0.416 e.